The summed E-state index contributed by atoms with van der Waals surface area (Å²) in [6.07, 6.45) is 4.94. The molecule has 1 aliphatic heterocycles. The predicted octanol–water partition coefficient (Wildman–Crippen LogP) is 3.64. The Bertz CT molecular complexity index is 1200. The fourth-order valence-electron chi connectivity index (χ4n) is 3.79. The molecule has 4 rings (SSSR count). The molecule has 0 fully saturated rings. The number of esters is 1. The summed E-state index contributed by atoms with van der Waals surface area (Å²) in [5, 5.41) is 3.79. The molecule has 1 aliphatic rings. The van der Waals surface area contributed by atoms with Crippen LogP contribution < -0.4 is 10.9 Å². The summed E-state index contributed by atoms with van der Waals surface area (Å²) in [5.41, 5.74) is 1.54. The predicted molar refractivity (Wildman–Crippen MR) is 122 cm³/mol. The molecule has 0 atom stereocenters. The van der Waals surface area contributed by atoms with Crippen molar-refractivity contribution in [3.05, 3.63) is 74.8 Å². The molecule has 0 saturated heterocycles. The fraction of sp³-hybridized carbons (Fsp3) is 0.333. The minimum atomic E-state index is -0.637. The first-order chi connectivity index (χ1) is 15.5. The zero-order chi connectivity index (χ0) is 22.5. The molecule has 1 amide bonds. The van der Waals surface area contributed by atoms with E-state index in [1.54, 1.807) is 28.8 Å². The van der Waals surface area contributed by atoms with E-state index in [9.17, 15) is 14.4 Å². The Balaban J connectivity index is 1.41. The molecule has 0 unspecified atom stereocenters. The van der Waals surface area contributed by atoms with Gasteiger partial charge in [-0.25, -0.2) is 9.78 Å². The van der Waals surface area contributed by atoms with Crippen molar-refractivity contribution < 1.29 is 14.3 Å². The van der Waals surface area contributed by atoms with E-state index in [4.69, 9.17) is 16.3 Å². The highest BCUT2D eigenvalue weighted by Crippen LogP contribution is 2.17. The Hall–Kier alpha value is -3.19. The van der Waals surface area contributed by atoms with Crippen LogP contribution in [-0.4, -0.2) is 28.0 Å². The van der Waals surface area contributed by atoms with Gasteiger partial charge in [-0.15, -0.1) is 0 Å². The number of fused-ring (bicyclic) bond motifs is 2. The molecule has 2 heterocycles. The number of carbonyl (C=O) groups excluding carboxylic acids is 2. The monoisotopic (exact) mass is 453 g/mol. The normalized spacial score (nSPS) is 13.7. The Morgan fingerprint density at radius 3 is 2.66 bits per heavy atom. The van der Waals surface area contributed by atoms with Crippen LogP contribution >= 0.6 is 11.6 Å². The summed E-state index contributed by atoms with van der Waals surface area (Å²) in [6, 6.07) is 11.8. The molecule has 0 aliphatic carbocycles. The lowest BCUT2D eigenvalue weighted by atomic mass is 10.1. The number of nitrogens with one attached hydrogen (secondary N) is 1. The molecular weight excluding hydrogens is 430 g/mol. The molecule has 32 heavy (non-hydrogen) atoms. The SMILES string of the molecule is O=C(COC(=O)c1ccc2c(=O)n3c(nc2c1)CCCCCC3)NCc1ccc(Cl)cc1. The van der Waals surface area contributed by atoms with Crippen molar-refractivity contribution in [3.8, 4) is 0 Å². The third kappa shape index (κ3) is 5.16. The fourth-order valence-corrected chi connectivity index (χ4v) is 3.92. The van der Waals surface area contributed by atoms with Gasteiger partial charge in [-0.3, -0.25) is 14.2 Å². The van der Waals surface area contributed by atoms with Gasteiger partial charge in [0.05, 0.1) is 16.5 Å². The van der Waals surface area contributed by atoms with E-state index in [0.29, 0.717) is 29.0 Å². The number of rotatable bonds is 5. The second-order valence-electron chi connectivity index (χ2n) is 7.86. The summed E-state index contributed by atoms with van der Waals surface area (Å²) in [4.78, 5) is 42.0. The quantitative estimate of drug-likeness (QED) is 0.595. The van der Waals surface area contributed by atoms with Gasteiger partial charge in [0.1, 0.15) is 5.82 Å². The molecule has 0 saturated carbocycles. The molecule has 7 nitrogen and oxygen atoms in total. The van der Waals surface area contributed by atoms with Crippen molar-refractivity contribution in [1.82, 2.24) is 14.9 Å². The van der Waals surface area contributed by atoms with Crippen LogP contribution in [0.4, 0.5) is 0 Å². The molecule has 1 aromatic heterocycles. The van der Waals surface area contributed by atoms with E-state index in [0.717, 1.165) is 43.5 Å². The minimum absolute atomic E-state index is 0.0756. The largest absolute Gasteiger partial charge is 0.452 e. The number of hydrogen-bond acceptors (Lipinski definition) is 5. The second kappa shape index (κ2) is 9.96. The van der Waals surface area contributed by atoms with Crippen molar-refractivity contribution >= 4 is 34.4 Å². The molecule has 1 N–H and O–H groups in total. The molecule has 0 radical (unpaired) electrons. The number of aromatic nitrogens is 2. The van der Waals surface area contributed by atoms with E-state index in [1.807, 2.05) is 12.1 Å². The van der Waals surface area contributed by atoms with Crippen LogP contribution in [0.25, 0.3) is 10.9 Å². The number of aryl methyl sites for hydroxylation is 1. The number of ether oxygens (including phenoxy) is 1. The van der Waals surface area contributed by atoms with E-state index in [-0.39, 0.29) is 11.1 Å². The van der Waals surface area contributed by atoms with Gasteiger partial charge in [0.2, 0.25) is 0 Å². The third-order valence-electron chi connectivity index (χ3n) is 5.54. The van der Waals surface area contributed by atoms with Crippen LogP contribution in [0.5, 0.6) is 0 Å². The molecule has 8 heteroatoms. The smallest absolute Gasteiger partial charge is 0.338 e. The second-order valence-corrected chi connectivity index (χ2v) is 8.30. The van der Waals surface area contributed by atoms with Gasteiger partial charge in [0.15, 0.2) is 6.61 Å². The van der Waals surface area contributed by atoms with Crippen LogP contribution in [0.15, 0.2) is 47.3 Å². The Kier molecular flexibility index (Phi) is 6.85. The average molecular weight is 454 g/mol. The van der Waals surface area contributed by atoms with Gasteiger partial charge >= 0.3 is 5.97 Å². The molecule has 0 bridgehead atoms. The molecule has 2 aromatic carbocycles. The summed E-state index contributed by atoms with van der Waals surface area (Å²) in [5.74, 6) is -0.289. The number of carbonyl (C=O) groups is 2. The van der Waals surface area contributed by atoms with Gasteiger partial charge in [0, 0.05) is 24.5 Å². The average Bonchev–Trinajstić information content (AvgIpc) is 2.78. The van der Waals surface area contributed by atoms with Crippen LogP contribution in [0, 0.1) is 0 Å². The lowest BCUT2D eigenvalue weighted by molar-refractivity contribution is -0.124. The minimum Gasteiger partial charge on any atom is -0.452 e. The van der Waals surface area contributed by atoms with Gasteiger partial charge in [0.25, 0.3) is 11.5 Å². The Morgan fingerprint density at radius 2 is 1.84 bits per heavy atom. The first-order valence-electron chi connectivity index (χ1n) is 10.7. The van der Waals surface area contributed by atoms with E-state index < -0.39 is 18.5 Å². The Morgan fingerprint density at radius 1 is 1.06 bits per heavy atom. The maximum Gasteiger partial charge on any atom is 0.338 e. The van der Waals surface area contributed by atoms with Crippen LogP contribution in [0.3, 0.4) is 0 Å². The summed E-state index contributed by atoms with van der Waals surface area (Å²) in [7, 11) is 0. The third-order valence-corrected chi connectivity index (χ3v) is 5.79. The van der Waals surface area contributed by atoms with Crippen molar-refractivity contribution in [2.24, 2.45) is 0 Å². The van der Waals surface area contributed by atoms with Crippen LogP contribution in [-0.2, 0) is 29.0 Å². The van der Waals surface area contributed by atoms with Gasteiger partial charge in [-0.2, -0.15) is 0 Å². The first kappa shape index (κ1) is 22.0. The van der Waals surface area contributed by atoms with Crippen molar-refractivity contribution in [2.75, 3.05) is 6.61 Å². The van der Waals surface area contributed by atoms with Crippen molar-refractivity contribution in [1.29, 1.82) is 0 Å². The number of benzene rings is 2. The summed E-state index contributed by atoms with van der Waals surface area (Å²) < 4.78 is 6.90. The maximum atomic E-state index is 12.9. The maximum absolute atomic E-state index is 12.9. The molecule has 166 valence electrons. The topological polar surface area (TPSA) is 90.3 Å². The van der Waals surface area contributed by atoms with E-state index in [2.05, 4.69) is 10.3 Å². The number of hydrogen-bond donors (Lipinski definition) is 1. The highest BCUT2D eigenvalue weighted by Gasteiger charge is 2.16. The molecule has 3 aromatic rings. The molecular formula is C24H24ClN3O4. The number of amides is 1. The highest BCUT2D eigenvalue weighted by molar-refractivity contribution is 6.30. The van der Waals surface area contributed by atoms with Crippen molar-refractivity contribution in [2.45, 2.75) is 45.2 Å². The lowest BCUT2D eigenvalue weighted by Gasteiger charge is -2.16. The van der Waals surface area contributed by atoms with Gasteiger partial charge in [-0.05, 0) is 48.7 Å². The van der Waals surface area contributed by atoms with E-state index in [1.165, 1.54) is 6.07 Å². The summed E-state index contributed by atoms with van der Waals surface area (Å²) >= 11 is 5.84. The van der Waals surface area contributed by atoms with E-state index >= 15 is 0 Å². The number of halogens is 1. The first-order valence-corrected chi connectivity index (χ1v) is 11.1. The molecule has 0 spiro atoms. The standard InChI is InChI=1S/C24H24ClN3O4/c25-18-9-6-16(7-10-18)14-26-22(29)15-32-24(31)17-8-11-19-20(13-17)27-21-5-3-1-2-4-12-28(21)23(19)30/h6-11,13H,1-5,12,14-15H2,(H,26,29). The highest BCUT2D eigenvalue weighted by atomic mass is 35.5. The van der Waals surface area contributed by atoms with Crippen molar-refractivity contribution in [3.63, 3.8) is 0 Å². The van der Waals surface area contributed by atoms with Crippen LogP contribution in [0.1, 0.15) is 47.4 Å². The van der Waals surface area contributed by atoms with Crippen LogP contribution in [0.2, 0.25) is 5.02 Å². The number of nitrogens with zero attached hydrogens (tertiary/aromatic N) is 2. The van der Waals surface area contributed by atoms with Gasteiger partial charge < -0.3 is 10.1 Å². The zero-order valence-electron chi connectivity index (χ0n) is 17.6. The van der Waals surface area contributed by atoms with Gasteiger partial charge in [-0.1, -0.05) is 36.6 Å². The lowest BCUT2D eigenvalue weighted by Crippen LogP contribution is -2.28. The summed E-state index contributed by atoms with van der Waals surface area (Å²) in [6.45, 7) is 0.583. The zero-order valence-corrected chi connectivity index (χ0v) is 18.4. The Labute approximate surface area is 190 Å².